The predicted molar refractivity (Wildman–Crippen MR) is 113 cm³/mol. The van der Waals surface area contributed by atoms with Gasteiger partial charge in [0, 0.05) is 7.05 Å². The fourth-order valence-electron chi connectivity index (χ4n) is 3.20. The molecule has 1 amide bonds. The summed E-state index contributed by atoms with van der Waals surface area (Å²) in [4.78, 5) is 24.0. The molecule has 0 aliphatic rings. The zero-order valence-electron chi connectivity index (χ0n) is 17.8. The molecule has 10 heteroatoms. The van der Waals surface area contributed by atoms with Gasteiger partial charge in [-0.05, 0) is 42.3 Å². The molecular weight excluding hydrogens is 434 g/mol. The number of aryl methyl sites for hydroxylation is 1. The third kappa shape index (κ3) is 5.33. The lowest BCUT2D eigenvalue weighted by Gasteiger charge is -2.16. The van der Waals surface area contributed by atoms with E-state index in [1.54, 1.807) is 31.2 Å². The van der Waals surface area contributed by atoms with Crippen LogP contribution in [0.4, 0.5) is 8.78 Å². The Morgan fingerprint density at radius 2 is 1.94 bits per heavy atom. The number of amides is 1. The predicted octanol–water partition coefficient (Wildman–Crippen LogP) is 4.41. The molecule has 0 aliphatic heterocycles. The fraction of sp³-hybridized carbons (Fsp3) is 0.217. The lowest BCUT2D eigenvalue weighted by Crippen LogP contribution is -2.27. The fourth-order valence-corrected chi connectivity index (χ4v) is 3.20. The van der Waals surface area contributed by atoms with Crippen LogP contribution >= 0.6 is 0 Å². The molecule has 0 radical (unpaired) electrons. The van der Waals surface area contributed by atoms with Gasteiger partial charge < -0.3 is 15.2 Å². The van der Waals surface area contributed by atoms with Crippen LogP contribution < -0.4 is 10.1 Å². The lowest BCUT2D eigenvalue weighted by molar-refractivity contribution is 0.0696. The molecule has 0 bridgehead atoms. The summed E-state index contributed by atoms with van der Waals surface area (Å²) in [6.07, 6.45) is -2.89. The largest absolute Gasteiger partial charge is 0.478 e. The Balaban J connectivity index is 1.90. The summed E-state index contributed by atoms with van der Waals surface area (Å²) < 4.78 is 34.1. The molecule has 170 valence electrons. The molecule has 1 heterocycles. The molecule has 33 heavy (non-hydrogen) atoms. The van der Waals surface area contributed by atoms with Crippen molar-refractivity contribution >= 4 is 11.9 Å². The van der Waals surface area contributed by atoms with Crippen molar-refractivity contribution in [1.82, 2.24) is 15.1 Å². The van der Waals surface area contributed by atoms with E-state index in [0.717, 1.165) is 4.68 Å². The number of carboxylic acids is 1. The highest BCUT2D eigenvalue weighted by molar-refractivity contribution is 5.98. The third-order valence-electron chi connectivity index (χ3n) is 4.86. The van der Waals surface area contributed by atoms with Gasteiger partial charge in [0.15, 0.2) is 0 Å². The molecule has 3 rings (SSSR count). The highest BCUT2D eigenvalue weighted by Gasteiger charge is 2.30. The molecule has 1 unspecified atom stereocenters. The van der Waals surface area contributed by atoms with Crippen LogP contribution in [-0.2, 0) is 13.5 Å². The molecule has 0 saturated carbocycles. The van der Waals surface area contributed by atoms with E-state index < -0.39 is 35.6 Å². The van der Waals surface area contributed by atoms with E-state index >= 15 is 0 Å². The minimum atomic E-state index is -3.02. The van der Waals surface area contributed by atoms with Crippen LogP contribution in [0.15, 0.2) is 48.5 Å². The summed E-state index contributed by atoms with van der Waals surface area (Å²) in [5.74, 6) is -1.82. The van der Waals surface area contributed by atoms with Crippen molar-refractivity contribution in [3.8, 4) is 17.7 Å². The average Bonchev–Trinajstić information content (AvgIpc) is 3.10. The number of aromatic carboxylic acids is 1. The van der Waals surface area contributed by atoms with Crippen LogP contribution in [0.2, 0.25) is 0 Å². The maximum Gasteiger partial charge on any atom is 0.335 e. The molecule has 1 aromatic heterocycles. The zero-order chi connectivity index (χ0) is 24.1. The van der Waals surface area contributed by atoms with E-state index in [0.29, 0.717) is 11.1 Å². The molecule has 1 atom stereocenters. The number of halogens is 2. The van der Waals surface area contributed by atoms with Crippen LogP contribution in [-0.4, -0.2) is 26.8 Å². The topological polar surface area (TPSA) is 117 Å². The molecule has 0 spiro atoms. The Kier molecular flexibility index (Phi) is 7.03. The van der Waals surface area contributed by atoms with Crippen molar-refractivity contribution in [3.63, 3.8) is 0 Å². The number of carbonyl (C=O) groups is 2. The number of alkyl halides is 2. The Hall–Kier alpha value is -4.26. The number of ether oxygens (including phenoxy) is 1. The van der Waals surface area contributed by atoms with E-state index in [9.17, 15) is 18.4 Å². The summed E-state index contributed by atoms with van der Waals surface area (Å²) in [7, 11) is 1.38. The van der Waals surface area contributed by atoms with Gasteiger partial charge in [-0.2, -0.15) is 10.4 Å². The normalized spacial score (nSPS) is 11.6. The monoisotopic (exact) mass is 454 g/mol. The second-order valence-corrected chi connectivity index (χ2v) is 7.20. The molecule has 2 aromatic carbocycles. The van der Waals surface area contributed by atoms with Gasteiger partial charge in [0.2, 0.25) is 5.88 Å². The number of hydrogen-bond donors (Lipinski definition) is 2. The first-order valence-corrected chi connectivity index (χ1v) is 9.84. The minimum Gasteiger partial charge on any atom is -0.478 e. The Morgan fingerprint density at radius 3 is 2.55 bits per heavy atom. The number of carboxylic acid groups (broad SMARTS) is 1. The summed E-state index contributed by atoms with van der Waals surface area (Å²) in [6, 6.07) is 13.8. The Morgan fingerprint density at radius 1 is 1.24 bits per heavy atom. The number of nitrogens with zero attached hydrogens (tertiary/aromatic N) is 3. The third-order valence-corrected chi connectivity index (χ3v) is 4.86. The lowest BCUT2D eigenvalue weighted by atomic mass is 10.1. The van der Waals surface area contributed by atoms with Crippen molar-refractivity contribution in [1.29, 1.82) is 5.26 Å². The molecule has 0 aliphatic carbocycles. The van der Waals surface area contributed by atoms with Gasteiger partial charge in [0.1, 0.15) is 17.0 Å². The molecule has 8 nitrogen and oxygen atoms in total. The smallest absolute Gasteiger partial charge is 0.335 e. The second-order valence-electron chi connectivity index (χ2n) is 7.20. The van der Waals surface area contributed by atoms with Gasteiger partial charge in [-0.1, -0.05) is 24.3 Å². The van der Waals surface area contributed by atoms with Gasteiger partial charge in [-0.3, -0.25) is 4.79 Å². The van der Waals surface area contributed by atoms with Crippen molar-refractivity contribution in [2.45, 2.75) is 25.8 Å². The number of carbonyl (C=O) groups excluding carboxylic acids is 1. The van der Waals surface area contributed by atoms with Crippen molar-refractivity contribution in [2.24, 2.45) is 7.05 Å². The first kappa shape index (κ1) is 23.4. The van der Waals surface area contributed by atoms with Gasteiger partial charge in [-0.15, -0.1) is 0 Å². The molecule has 3 aromatic rings. The zero-order valence-corrected chi connectivity index (χ0v) is 17.8. The van der Waals surface area contributed by atoms with E-state index in [1.165, 1.54) is 31.3 Å². The first-order valence-electron chi connectivity index (χ1n) is 9.84. The van der Waals surface area contributed by atoms with E-state index in [4.69, 9.17) is 15.1 Å². The molecule has 0 saturated heterocycles. The highest BCUT2D eigenvalue weighted by Crippen LogP contribution is 2.33. The Labute approximate surface area is 188 Å². The van der Waals surface area contributed by atoms with Crippen LogP contribution in [0.5, 0.6) is 11.6 Å². The van der Waals surface area contributed by atoms with Crippen LogP contribution in [0.1, 0.15) is 56.9 Å². The number of nitrogens with one attached hydrogen (secondary N) is 1. The number of aromatic nitrogens is 2. The van der Waals surface area contributed by atoms with Crippen LogP contribution in [0.25, 0.3) is 0 Å². The summed E-state index contributed by atoms with van der Waals surface area (Å²) >= 11 is 0. The van der Waals surface area contributed by atoms with Gasteiger partial charge in [0.05, 0.1) is 24.1 Å². The SMILES string of the molecule is CC(NC(=O)c1c(C(F)F)nn(C)c1Oc1cccc(CC#N)c1)c1ccc(C(=O)O)cc1. The summed E-state index contributed by atoms with van der Waals surface area (Å²) in [5, 5.41) is 24.3. The maximum atomic E-state index is 13.7. The maximum absolute atomic E-state index is 13.7. The van der Waals surface area contributed by atoms with E-state index in [1.807, 2.05) is 6.07 Å². The average molecular weight is 454 g/mol. The van der Waals surface area contributed by atoms with Gasteiger partial charge in [0.25, 0.3) is 12.3 Å². The second kappa shape index (κ2) is 9.91. The van der Waals surface area contributed by atoms with Crippen molar-refractivity contribution in [2.75, 3.05) is 0 Å². The van der Waals surface area contributed by atoms with Crippen LogP contribution in [0, 0.1) is 11.3 Å². The van der Waals surface area contributed by atoms with Crippen molar-refractivity contribution in [3.05, 3.63) is 76.5 Å². The van der Waals surface area contributed by atoms with Crippen LogP contribution in [0.3, 0.4) is 0 Å². The quantitative estimate of drug-likeness (QED) is 0.521. The number of nitriles is 1. The number of rotatable bonds is 8. The molecule has 2 N–H and O–H groups in total. The van der Waals surface area contributed by atoms with Gasteiger partial charge in [-0.25, -0.2) is 18.3 Å². The van der Waals surface area contributed by atoms with E-state index in [2.05, 4.69) is 10.4 Å². The minimum absolute atomic E-state index is 0.0823. The first-order chi connectivity index (χ1) is 15.7. The van der Waals surface area contributed by atoms with Gasteiger partial charge >= 0.3 is 5.97 Å². The molecule has 0 fully saturated rings. The highest BCUT2D eigenvalue weighted by atomic mass is 19.3. The Bertz CT molecular complexity index is 1220. The van der Waals surface area contributed by atoms with E-state index in [-0.39, 0.29) is 23.6 Å². The number of hydrogen-bond acceptors (Lipinski definition) is 5. The summed E-state index contributed by atoms with van der Waals surface area (Å²) in [6.45, 7) is 1.64. The summed E-state index contributed by atoms with van der Waals surface area (Å²) in [5.41, 5.74) is 0.191. The van der Waals surface area contributed by atoms with Crippen molar-refractivity contribution < 1.29 is 28.2 Å². The number of benzene rings is 2. The standard InChI is InChI=1S/C23H20F2N4O4/c1-13(15-6-8-16(9-7-15)23(31)32)27-21(30)18-19(20(24)25)28-29(2)22(18)33-17-5-3-4-14(12-17)10-11-26/h3-9,12-13,20H,10H2,1-2H3,(H,27,30)(H,31,32). The molecular formula is C23H20F2N4O4.